The molecule has 2 aromatic rings. The predicted octanol–water partition coefficient (Wildman–Crippen LogP) is 3.72. The number of carbonyl (C=O) groups is 2. The van der Waals surface area contributed by atoms with Crippen molar-refractivity contribution in [1.29, 1.82) is 0 Å². The molecule has 1 N–H and O–H groups in total. The SMILES string of the molecule is C[C@@H](NC(=O)CN1CCC(C(=O)N2CCCCCC2)CC1)c1cc2ccccc2o1. The number of carbonyl (C=O) groups excluding carboxylic acids is 2. The molecule has 6 heteroatoms. The molecular formula is C24H33N3O3. The molecule has 1 aromatic carbocycles. The van der Waals surface area contributed by atoms with Gasteiger partial charge in [-0.1, -0.05) is 31.0 Å². The second-order valence-corrected chi connectivity index (χ2v) is 8.77. The molecule has 6 nitrogen and oxygen atoms in total. The third kappa shape index (κ3) is 5.04. The monoisotopic (exact) mass is 411 g/mol. The lowest BCUT2D eigenvalue weighted by Gasteiger charge is -2.33. The molecule has 1 atom stereocenters. The van der Waals surface area contributed by atoms with Crippen LogP contribution in [-0.4, -0.2) is 54.3 Å². The molecular weight excluding hydrogens is 378 g/mol. The quantitative estimate of drug-likeness (QED) is 0.814. The van der Waals surface area contributed by atoms with E-state index in [0.717, 1.165) is 68.6 Å². The van der Waals surface area contributed by atoms with Crippen LogP contribution in [0.15, 0.2) is 34.7 Å². The molecule has 0 unspecified atom stereocenters. The minimum atomic E-state index is -0.174. The number of nitrogens with zero attached hydrogens (tertiary/aromatic N) is 2. The number of likely N-dealkylation sites (tertiary alicyclic amines) is 2. The van der Waals surface area contributed by atoms with Crippen LogP contribution in [0.25, 0.3) is 11.0 Å². The van der Waals surface area contributed by atoms with Crippen LogP contribution in [0.3, 0.4) is 0 Å². The van der Waals surface area contributed by atoms with Gasteiger partial charge in [-0.05, 0) is 57.8 Å². The summed E-state index contributed by atoms with van der Waals surface area (Å²) in [6, 6.07) is 9.68. The summed E-state index contributed by atoms with van der Waals surface area (Å²) in [6.45, 7) is 5.76. The molecule has 2 saturated heterocycles. The number of hydrogen-bond acceptors (Lipinski definition) is 4. The highest BCUT2D eigenvalue weighted by atomic mass is 16.3. The Kier molecular flexibility index (Phi) is 6.72. The fourth-order valence-electron chi connectivity index (χ4n) is 4.66. The highest BCUT2D eigenvalue weighted by molar-refractivity contribution is 5.80. The minimum Gasteiger partial charge on any atom is -0.459 e. The Bertz CT molecular complexity index is 828. The van der Waals surface area contributed by atoms with Crippen LogP contribution in [-0.2, 0) is 9.59 Å². The first-order valence-corrected chi connectivity index (χ1v) is 11.4. The number of benzene rings is 1. The van der Waals surface area contributed by atoms with Crippen molar-refractivity contribution in [2.75, 3.05) is 32.7 Å². The average molecular weight is 412 g/mol. The Balaban J connectivity index is 1.23. The molecule has 162 valence electrons. The van der Waals surface area contributed by atoms with Crippen LogP contribution in [0.5, 0.6) is 0 Å². The van der Waals surface area contributed by atoms with Crippen molar-refractivity contribution in [3.05, 3.63) is 36.1 Å². The van der Waals surface area contributed by atoms with Gasteiger partial charge in [0, 0.05) is 24.4 Å². The molecule has 1 aromatic heterocycles. The number of amides is 2. The number of furan rings is 1. The standard InChI is InChI=1S/C24H33N3O3/c1-18(22-16-20-8-4-5-9-21(20)30-22)25-23(28)17-26-14-10-19(11-15-26)24(29)27-12-6-2-3-7-13-27/h4-5,8-9,16,18-19H,2-3,6-7,10-15,17H2,1H3,(H,25,28)/t18-/m1/s1. The maximum atomic E-state index is 12.8. The van der Waals surface area contributed by atoms with E-state index in [1.54, 1.807) is 0 Å². The van der Waals surface area contributed by atoms with Gasteiger partial charge in [-0.15, -0.1) is 0 Å². The number of para-hydroxylation sites is 1. The number of fused-ring (bicyclic) bond motifs is 1. The zero-order valence-electron chi connectivity index (χ0n) is 17.9. The Morgan fingerprint density at radius 2 is 1.77 bits per heavy atom. The van der Waals surface area contributed by atoms with E-state index in [1.165, 1.54) is 12.8 Å². The van der Waals surface area contributed by atoms with Crippen molar-refractivity contribution in [3.8, 4) is 0 Å². The van der Waals surface area contributed by atoms with E-state index in [1.807, 2.05) is 37.3 Å². The molecule has 3 heterocycles. The Hall–Kier alpha value is -2.34. The molecule has 0 bridgehead atoms. The lowest BCUT2D eigenvalue weighted by molar-refractivity contribution is -0.137. The fourth-order valence-corrected chi connectivity index (χ4v) is 4.66. The van der Waals surface area contributed by atoms with Gasteiger partial charge in [0.05, 0.1) is 12.6 Å². The third-order valence-corrected chi connectivity index (χ3v) is 6.47. The van der Waals surface area contributed by atoms with Gasteiger partial charge >= 0.3 is 0 Å². The lowest BCUT2D eigenvalue weighted by Crippen LogP contribution is -2.45. The molecule has 2 aliphatic heterocycles. The van der Waals surface area contributed by atoms with Gasteiger partial charge in [-0.2, -0.15) is 0 Å². The van der Waals surface area contributed by atoms with E-state index >= 15 is 0 Å². The summed E-state index contributed by atoms with van der Waals surface area (Å²) >= 11 is 0. The zero-order valence-corrected chi connectivity index (χ0v) is 17.9. The van der Waals surface area contributed by atoms with E-state index < -0.39 is 0 Å². The van der Waals surface area contributed by atoms with Gasteiger partial charge in [-0.3, -0.25) is 14.5 Å². The van der Waals surface area contributed by atoms with Crippen LogP contribution >= 0.6 is 0 Å². The number of piperidine rings is 1. The van der Waals surface area contributed by atoms with Crippen LogP contribution in [0, 0.1) is 5.92 Å². The molecule has 30 heavy (non-hydrogen) atoms. The summed E-state index contributed by atoms with van der Waals surface area (Å²) in [7, 11) is 0. The summed E-state index contributed by atoms with van der Waals surface area (Å²) in [5.74, 6) is 1.22. The summed E-state index contributed by atoms with van der Waals surface area (Å²) < 4.78 is 5.86. The summed E-state index contributed by atoms with van der Waals surface area (Å²) in [5.41, 5.74) is 0.838. The molecule has 4 rings (SSSR count). The minimum absolute atomic E-state index is 0.000232. The smallest absolute Gasteiger partial charge is 0.234 e. The van der Waals surface area contributed by atoms with Crippen LogP contribution in [0.4, 0.5) is 0 Å². The van der Waals surface area contributed by atoms with Gasteiger partial charge in [0.2, 0.25) is 11.8 Å². The second kappa shape index (κ2) is 9.65. The predicted molar refractivity (Wildman–Crippen MR) is 117 cm³/mol. The van der Waals surface area contributed by atoms with E-state index in [-0.39, 0.29) is 17.9 Å². The maximum absolute atomic E-state index is 12.8. The summed E-state index contributed by atoms with van der Waals surface area (Å²) in [5, 5.41) is 4.09. The van der Waals surface area contributed by atoms with E-state index in [4.69, 9.17) is 4.42 Å². The average Bonchev–Trinajstić information content (AvgIpc) is 3.00. The highest BCUT2D eigenvalue weighted by Crippen LogP contribution is 2.24. The maximum Gasteiger partial charge on any atom is 0.234 e. The summed E-state index contributed by atoms with van der Waals surface area (Å²) in [6.07, 6.45) is 6.44. The van der Waals surface area contributed by atoms with Gasteiger partial charge in [0.1, 0.15) is 11.3 Å². The van der Waals surface area contributed by atoms with E-state index in [9.17, 15) is 9.59 Å². The first-order valence-electron chi connectivity index (χ1n) is 11.4. The normalized spacial score (nSPS) is 20.1. The first-order chi connectivity index (χ1) is 14.6. The molecule has 0 saturated carbocycles. The zero-order chi connectivity index (χ0) is 20.9. The third-order valence-electron chi connectivity index (χ3n) is 6.47. The second-order valence-electron chi connectivity index (χ2n) is 8.77. The van der Waals surface area contributed by atoms with Crippen molar-refractivity contribution >= 4 is 22.8 Å². The van der Waals surface area contributed by atoms with E-state index in [2.05, 4.69) is 15.1 Å². The number of hydrogen-bond donors (Lipinski definition) is 1. The van der Waals surface area contributed by atoms with Crippen LogP contribution in [0.2, 0.25) is 0 Å². The molecule has 0 spiro atoms. The van der Waals surface area contributed by atoms with Gasteiger partial charge in [0.25, 0.3) is 0 Å². The van der Waals surface area contributed by atoms with Gasteiger partial charge in [0.15, 0.2) is 0 Å². The lowest BCUT2D eigenvalue weighted by atomic mass is 9.95. The molecule has 0 aliphatic carbocycles. The Morgan fingerprint density at radius 3 is 2.47 bits per heavy atom. The molecule has 0 radical (unpaired) electrons. The van der Waals surface area contributed by atoms with Crippen molar-refractivity contribution < 1.29 is 14.0 Å². The van der Waals surface area contributed by atoms with E-state index in [0.29, 0.717) is 12.5 Å². The van der Waals surface area contributed by atoms with Crippen LogP contribution < -0.4 is 5.32 Å². The molecule has 2 aliphatic rings. The number of nitrogens with one attached hydrogen (secondary N) is 1. The van der Waals surface area contributed by atoms with Crippen molar-refractivity contribution in [2.45, 2.75) is 51.5 Å². The van der Waals surface area contributed by atoms with Crippen molar-refractivity contribution in [3.63, 3.8) is 0 Å². The largest absolute Gasteiger partial charge is 0.459 e. The van der Waals surface area contributed by atoms with Crippen LogP contribution in [0.1, 0.15) is 57.3 Å². The Labute approximate surface area is 178 Å². The Morgan fingerprint density at radius 1 is 1.07 bits per heavy atom. The van der Waals surface area contributed by atoms with Crippen molar-refractivity contribution in [2.24, 2.45) is 5.92 Å². The topological polar surface area (TPSA) is 65.8 Å². The van der Waals surface area contributed by atoms with Gasteiger partial charge in [-0.25, -0.2) is 0 Å². The summed E-state index contributed by atoms with van der Waals surface area (Å²) in [4.78, 5) is 29.6. The highest BCUT2D eigenvalue weighted by Gasteiger charge is 2.29. The molecule has 2 amide bonds. The fraction of sp³-hybridized carbons (Fsp3) is 0.583. The van der Waals surface area contributed by atoms with Crippen molar-refractivity contribution in [1.82, 2.24) is 15.1 Å². The molecule has 2 fully saturated rings. The first kappa shape index (κ1) is 20.9. The number of rotatable bonds is 5. The van der Waals surface area contributed by atoms with Gasteiger partial charge < -0.3 is 14.6 Å².